The van der Waals surface area contributed by atoms with E-state index in [1.807, 2.05) is 51.1 Å². The van der Waals surface area contributed by atoms with Crippen LogP contribution in [-0.4, -0.2) is 27.3 Å². The Balaban J connectivity index is 1.66. The van der Waals surface area contributed by atoms with Gasteiger partial charge in [0.1, 0.15) is 17.2 Å². The van der Waals surface area contributed by atoms with Gasteiger partial charge in [-0.1, -0.05) is 11.3 Å². The van der Waals surface area contributed by atoms with Crippen LogP contribution in [0.25, 0.3) is 10.6 Å². The highest BCUT2D eigenvalue weighted by atomic mass is 32.1. The zero-order valence-electron chi connectivity index (χ0n) is 15.2. The molecule has 2 amide bonds. The van der Waals surface area contributed by atoms with Gasteiger partial charge in [-0.15, -0.1) is 0 Å². The van der Waals surface area contributed by atoms with Crippen molar-refractivity contribution in [1.29, 1.82) is 0 Å². The van der Waals surface area contributed by atoms with Crippen molar-refractivity contribution in [2.75, 3.05) is 0 Å². The lowest BCUT2D eigenvalue weighted by atomic mass is 10.2. The fourth-order valence-corrected chi connectivity index (χ4v) is 3.10. The molecule has 1 unspecified atom stereocenters. The highest BCUT2D eigenvalue weighted by Crippen LogP contribution is 2.33. The second kappa shape index (κ2) is 8.09. The third kappa shape index (κ3) is 4.98. The van der Waals surface area contributed by atoms with E-state index in [1.165, 1.54) is 11.3 Å². The predicted octanol–water partition coefficient (Wildman–Crippen LogP) is 3.84. The number of primary amides is 1. The maximum atomic E-state index is 11.0. The molecule has 0 radical (unpaired) electrons. The number of ether oxygens (including phenoxy) is 2. The summed E-state index contributed by atoms with van der Waals surface area (Å²) in [6.07, 6.45) is 1.82. The molecular weight excluding hydrogens is 366 g/mol. The average Bonchev–Trinajstić information content (AvgIpc) is 3.25. The molecule has 9 heteroatoms. The molecule has 2 aromatic heterocycles. The van der Waals surface area contributed by atoms with Gasteiger partial charge in [-0.3, -0.25) is 5.10 Å². The molecule has 0 aliphatic heterocycles. The SMILES string of the molecule is CC(C)Oc1ccc(Oc2ncc(-c3cc(C(C)NC(N)=O)[nH]n3)s2)cc1. The van der Waals surface area contributed by atoms with Gasteiger partial charge >= 0.3 is 6.03 Å². The summed E-state index contributed by atoms with van der Waals surface area (Å²) in [6, 6.07) is 8.38. The van der Waals surface area contributed by atoms with E-state index < -0.39 is 6.03 Å². The number of aromatic amines is 1. The standard InChI is InChI=1S/C18H21N5O3S/c1-10(2)25-12-4-6-13(7-5-12)26-18-20-9-16(27-18)15-8-14(22-23-15)11(3)21-17(19)24/h4-11H,1-3H3,(H,22,23)(H3,19,21,24). The monoisotopic (exact) mass is 387 g/mol. The minimum atomic E-state index is -0.586. The first kappa shape index (κ1) is 18.7. The van der Waals surface area contributed by atoms with Crippen LogP contribution >= 0.6 is 11.3 Å². The smallest absolute Gasteiger partial charge is 0.312 e. The van der Waals surface area contributed by atoms with Gasteiger partial charge in [0.05, 0.1) is 28.9 Å². The van der Waals surface area contributed by atoms with Gasteiger partial charge in [0.2, 0.25) is 0 Å². The van der Waals surface area contributed by atoms with E-state index in [-0.39, 0.29) is 12.1 Å². The molecular formula is C18H21N5O3S. The van der Waals surface area contributed by atoms with Gasteiger partial charge in [-0.05, 0) is 51.1 Å². The molecule has 3 rings (SSSR count). The third-order valence-electron chi connectivity index (χ3n) is 3.56. The van der Waals surface area contributed by atoms with Crippen molar-refractivity contribution >= 4 is 17.4 Å². The number of rotatable bonds is 7. The van der Waals surface area contributed by atoms with Crippen molar-refractivity contribution in [1.82, 2.24) is 20.5 Å². The van der Waals surface area contributed by atoms with E-state index in [9.17, 15) is 4.79 Å². The van der Waals surface area contributed by atoms with Crippen molar-refractivity contribution in [3.63, 3.8) is 0 Å². The van der Waals surface area contributed by atoms with E-state index in [2.05, 4.69) is 20.5 Å². The summed E-state index contributed by atoms with van der Waals surface area (Å²) in [5.74, 6) is 1.47. The molecule has 1 atom stereocenters. The Labute approximate surface area is 160 Å². The van der Waals surface area contributed by atoms with Gasteiger partial charge in [-0.2, -0.15) is 5.10 Å². The van der Waals surface area contributed by atoms with Crippen LogP contribution in [0.15, 0.2) is 36.5 Å². The molecule has 0 fully saturated rings. The van der Waals surface area contributed by atoms with Crippen LogP contribution in [-0.2, 0) is 0 Å². The van der Waals surface area contributed by atoms with Crippen LogP contribution in [0.5, 0.6) is 16.7 Å². The number of nitrogens with one attached hydrogen (secondary N) is 2. The number of hydrogen-bond acceptors (Lipinski definition) is 6. The average molecular weight is 387 g/mol. The largest absolute Gasteiger partial charge is 0.491 e. The van der Waals surface area contributed by atoms with Crippen LogP contribution in [0.4, 0.5) is 4.79 Å². The number of carbonyl (C=O) groups is 1. The maximum Gasteiger partial charge on any atom is 0.312 e. The second-order valence-corrected chi connectivity index (χ2v) is 7.16. The number of nitrogens with two attached hydrogens (primary N) is 1. The topological polar surface area (TPSA) is 115 Å². The van der Waals surface area contributed by atoms with Crippen LogP contribution in [0.1, 0.15) is 32.5 Å². The molecule has 27 heavy (non-hydrogen) atoms. The van der Waals surface area contributed by atoms with Crippen LogP contribution in [0.3, 0.4) is 0 Å². The summed E-state index contributed by atoms with van der Waals surface area (Å²) >= 11 is 1.38. The number of thiazole rings is 1. The Hall–Kier alpha value is -3.07. The Morgan fingerprint density at radius 1 is 1.22 bits per heavy atom. The fraction of sp³-hybridized carbons (Fsp3) is 0.278. The van der Waals surface area contributed by atoms with Crippen LogP contribution in [0.2, 0.25) is 0 Å². The number of benzene rings is 1. The van der Waals surface area contributed by atoms with Gasteiger partial charge in [-0.25, -0.2) is 9.78 Å². The summed E-state index contributed by atoms with van der Waals surface area (Å²) < 4.78 is 11.4. The van der Waals surface area contributed by atoms with E-state index in [1.54, 1.807) is 6.20 Å². The van der Waals surface area contributed by atoms with Gasteiger partial charge < -0.3 is 20.5 Å². The van der Waals surface area contributed by atoms with Crippen LogP contribution < -0.4 is 20.5 Å². The number of H-pyrrole nitrogens is 1. The predicted molar refractivity (Wildman–Crippen MR) is 103 cm³/mol. The summed E-state index contributed by atoms with van der Waals surface area (Å²) in [7, 11) is 0. The first-order chi connectivity index (χ1) is 12.9. The number of nitrogens with zero attached hydrogens (tertiary/aromatic N) is 2. The summed E-state index contributed by atoms with van der Waals surface area (Å²) in [5, 5.41) is 10.3. The van der Waals surface area contributed by atoms with Gasteiger partial charge in [0, 0.05) is 0 Å². The Kier molecular flexibility index (Phi) is 5.60. The summed E-state index contributed by atoms with van der Waals surface area (Å²) in [4.78, 5) is 16.1. The first-order valence-electron chi connectivity index (χ1n) is 8.42. The minimum absolute atomic E-state index is 0.123. The lowest BCUT2D eigenvalue weighted by molar-refractivity contribution is 0.242. The molecule has 0 bridgehead atoms. The summed E-state index contributed by atoms with van der Waals surface area (Å²) in [5.41, 5.74) is 6.61. The highest BCUT2D eigenvalue weighted by Gasteiger charge is 2.14. The molecule has 0 spiro atoms. The molecule has 3 aromatic rings. The van der Waals surface area contributed by atoms with Crippen molar-refractivity contribution in [2.24, 2.45) is 5.73 Å². The van der Waals surface area contributed by atoms with E-state index in [0.29, 0.717) is 10.9 Å². The maximum absolute atomic E-state index is 11.0. The van der Waals surface area contributed by atoms with Gasteiger partial charge in [0.25, 0.3) is 5.19 Å². The van der Waals surface area contributed by atoms with E-state index in [0.717, 1.165) is 22.0 Å². The fourth-order valence-electron chi connectivity index (χ4n) is 2.36. The van der Waals surface area contributed by atoms with E-state index >= 15 is 0 Å². The highest BCUT2D eigenvalue weighted by molar-refractivity contribution is 7.16. The molecule has 2 heterocycles. The second-order valence-electron chi connectivity index (χ2n) is 6.17. The Morgan fingerprint density at radius 2 is 1.93 bits per heavy atom. The lowest BCUT2D eigenvalue weighted by Crippen LogP contribution is -2.31. The number of hydrogen-bond donors (Lipinski definition) is 3. The van der Waals surface area contributed by atoms with Crippen molar-refractivity contribution < 1.29 is 14.3 Å². The number of amides is 2. The third-order valence-corrected chi connectivity index (χ3v) is 4.46. The molecule has 142 valence electrons. The van der Waals surface area contributed by atoms with Crippen LogP contribution in [0, 0.1) is 0 Å². The number of carbonyl (C=O) groups excluding carboxylic acids is 1. The first-order valence-corrected chi connectivity index (χ1v) is 9.24. The number of urea groups is 1. The Bertz CT molecular complexity index is 904. The van der Waals surface area contributed by atoms with Crippen molar-refractivity contribution in [2.45, 2.75) is 32.9 Å². The summed E-state index contributed by atoms with van der Waals surface area (Å²) in [6.45, 7) is 5.77. The van der Waals surface area contributed by atoms with Crippen molar-refractivity contribution in [3.05, 3.63) is 42.2 Å². The molecule has 0 saturated carbocycles. The minimum Gasteiger partial charge on any atom is -0.491 e. The number of aromatic nitrogens is 3. The molecule has 4 N–H and O–H groups in total. The zero-order valence-corrected chi connectivity index (χ0v) is 16.0. The molecule has 0 saturated heterocycles. The molecule has 1 aromatic carbocycles. The molecule has 8 nitrogen and oxygen atoms in total. The Morgan fingerprint density at radius 3 is 2.59 bits per heavy atom. The van der Waals surface area contributed by atoms with E-state index in [4.69, 9.17) is 15.2 Å². The molecule has 0 aliphatic rings. The van der Waals surface area contributed by atoms with Crippen molar-refractivity contribution in [3.8, 4) is 27.3 Å². The van der Waals surface area contributed by atoms with Gasteiger partial charge in [0.15, 0.2) is 0 Å². The lowest BCUT2D eigenvalue weighted by Gasteiger charge is -2.09. The zero-order chi connectivity index (χ0) is 19.4. The normalized spacial score (nSPS) is 12.0. The molecule has 0 aliphatic carbocycles. The quantitative estimate of drug-likeness (QED) is 0.570.